The maximum Gasteiger partial charge on any atom is 0.0670 e. The summed E-state index contributed by atoms with van der Waals surface area (Å²) >= 11 is 0. The summed E-state index contributed by atoms with van der Waals surface area (Å²) in [6, 6.07) is 0.693. The van der Waals surface area contributed by atoms with Crippen LogP contribution in [0.5, 0.6) is 0 Å². The molecule has 2 aliphatic heterocycles. The minimum Gasteiger partial charge on any atom is -0.379 e. The summed E-state index contributed by atoms with van der Waals surface area (Å²) in [7, 11) is 0. The van der Waals surface area contributed by atoms with Crippen LogP contribution in [-0.2, 0) is 4.74 Å². The number of rotatable bonds is 4. The number of nitrogens with zero attached hydrogens (tertiary/aromatic N) is 1. The van der Waals surface area contributed by atoms with Gasteiger partial charge in [0, 0.05) is 18.8 Å². The van der Waals surface area contributed by atoms with Gasteiger partial charge in [0.05, 0.1) is 12.6 Å². The van der Waals surface area contributed by atoms with Crippen LogP contribution in [0, 0.1) is 5.92 Å². The maximum absolute atomic E-state index is 5.86. The first-order valence-corrected chi connectivity index (χ1v) is 6.47. The third-order valence-electron chi connectivity index (χ3n) is 4.18. The summed E-state index contributed by atoms with van der Waals surface area (Å²) in [5.41, 5.74) is 1.59. The summed E-state index contributed by atoms with van der Waals surface area (Å²) in [5.74, 6) is 0.889. The molecule has 84 valence electrons. The van der Waals surface area contributed by atoms with E-state index in [0.717, 1.165) is 19.1 Å². The Labute approximate surface area is 92.3 Å². The van der Waals surface area contributed by atoms with E-state index in [2.05, 4.69) is 11.0 Å². The zero-order valence-electron chi connectivity index (χ0n) is 9.45. The molecule has 0 radical (unpaired) electrons. The average molecular weight is 207 g/mol. The highest BCUT2D eigenvalue weighted by atomic mass is 16.5. The van der Waals surface area contributed by atoms with Gasteiger partial charge in [-0.15, -0.1) is 0 Å². The first-order valence-electron chi connectivity index (χ1n) is 6.47. The lowest BCUT2D eigenvalue weighted by atomic mass is 9.86. The molecule has 1 aliphatic carbocycles. The van der Waals surface area contributed by atoms with E-state index in [1.54, 1.807) is 5.70 Å². The van der Waals surface area contributed by atoms with E-state index < -0.39 is 0 Å². The van der Waals surface area contributed by atoms with E-state index in [4.69, 9.17) is 4.74 Å². The van der Waals surface area contributed by atoms with Gasteiger partial charge in [0.1, 0.15) is 0 Å². The zero-order chi connectivity index (χ0) is 10.1. The van der Waals surface area contributed by atoms with Gasteiger partial charge in [-0.1, -0.05) is 12.5 Å². The van der Waals surface area contributed by atoms with Crippen LogP contribution < -0.4 is 0 Å². The van der Waals surface area contributed by atoms with Crippen LogP contribution in [0.3, 0.4) is 0 Å². The van der Waals surface area contributed by atoms with Crippen LogP contribution in [0.25, 0.3) is 0 Å². The first kappa shape index (κ1) is 9.71. The third-order valence-corrected chi connectivity index (χ3v) is 4.18. The minimum absolute atomic E-state index is 0.693. The molecule has 3 rings (SSSR count). The van der Waals surface area contributed by atoms with E-state index in [9.17, 15) is 0 Å². The maximum atomic E-state index is 5.86. The standard InChI is InChI=1S/C13H21NO/c1-3-11(4-1)9-15-10-13-7-6-12-5-2-8-14(12)13/h5,11,13H,1-4,6-10H2/t13-/m0/s1. The predicted molar refractivity (Wildman–Crippen MR) is 60.6 cm³/mol. The van der Waals surface area contributed by atoms with Crippen molar-refractivity contribution in [1.82, 2.24) is 4.90 Å². The van der Waals surface area contributed by atoms with Gasteiger partial charge in [0.15, 0.2) is 0 Å². The molecule has 0 bridgehead atoms. The van der Waals surface area contributed by atoms with Crippen LogP contribution >= 0.6 is 0 Å². The topological polar surface area (TPSA) is 12.5 Å². The summed E-state index contributed by atoms with van der Waals surface area (Å²) in [4.78, 5) is 2.57. The number of hydrogen-bond acceptors (Lipinski definition) is 2. The Kier molecular flexibility index (Phi) is 2.70. The van der Waals surface area contributed by atoms with Gasteiger partial charge in [-0.25, -0.2) is 0 Å². The second-order valence-corrected chi connectivity index (χ2v) is 5.20. The molecule has 0 unspecified atom stereocenters. The van der Waals surface area contributed by atoms with Crippen molar-refractivity contribution in [2.45, 2.75) is 44.6 Å². The fraction of sp³-hybridized carbons (Fsp3) is 0.846. The lowest BCUT2D eigenvalue weighted by molar-refractivity contribution is 0.0416. The number of hydrogen-bond donors (Lipinski definition) is 0. The van der Waals surface area contributed by atoms with Gasteiger partial charge < -0.3 is 9.64 Å². The third kappa shape index (κ3) is 1.92. The lowest BCUT2D eigenvalue weighted by Gasteiger charge is -2.28. The molecular weight excluding hydrogens is 186 g/mol. The van der Waals surface area contributed by atoms with E-state index in [-0.39, 0.29) is 0 Å². The number of ether oxygens (including phenoxy) is 1. The molecule has 2 heterocycles. The fourth-order valence-electron chi connectivity index (χ4n) is 2.97. The highest BCUT2D eigenvalue weighted by molar-refractivity contribution is 5.14. The predicted octanol–water partition coefficient (Wildman–Crippen LogP) is 2.56. The molecule has 2 fully saturated rings. The van der Waals surface area contributed by atoms with Crippen LogP contribution in [0.2, 0.25) is 0 Å². The molecule has 1 saturated carbocycles. The van der Waals surface area contributed by atoms with Crippen molar-refractivity contribution in [1.29, 1.82) is 0 Å². The Bertz CT molecular complexity index is 257. The molecule has 0 spiro atoms. The van der Waals surface area contributed by atoms with E-state index in [1.807, 2.05) is 0 Å². The fourth-order valence-corrected chi connectivity index (χ4v) is 2.97. The van der Waals surface area contributed by atoms with Gasteiger partial charge in [-0.2, -0.15) is 0 Å². The Morgan fingerprint density at radius 2 is 2.20 bits per heavy atom. The highest BCUT2D eigenvalue weighted by Gasteiger charge is 2.30. The quantitative estimate of drug-likeness (QED) is 0.702. The zero-order valence-corrected chi connectivity index (χ0v) is 9.45. The van der Waals surface area contributed by atoms with Gasteiger partial charge >= 0.3 is 0 Å². The van der Waals surface area contributed by atoms with Gasteiger partial charge in [0.25, 0.3) is 0 Å². The Balaban J connectivity index is 1.41. The molecule has 15 heavy (non-hydrogen) atoms. The van der Waals surface area contributed by atoms with Crippen molar-refractivity contribution in [3.8, 4) is 0 Å². The molecule has 2 nitrogen and oxygen atoms in total. The monoisotopic (exact) mass is 207 g/mol. The van der Waals surface area contributed by atoms with Crippen molar-refractivity contribution in [2.24, 2.45) is 5.92 Å². The molecular formula is C13H21NO. The van der Waals surface area contributed by atoms with Crippen molar-refractivity contribution in [3.63, 3.8) is 0 Å². The van der Waals surface area contributed by atoms with E-state index >= 15 is 0 Å². The molecule has 3 aliphatic rings. The summed E-state index contributed by atoms with van der Waals surface area (Å²) in [5, 5.41) is 0. The van der Waals surface area contributed by atoms with Crippen LogP contribution in [0.4, 0.5) is 0 Å². The van der Waals surface area contributed by atoms with Crippen molar-refractivity contribution < 1.29 is 4.74 Å². The van der Waals surface area contributed by atoms with Crippen LogP contribution in [0.15, 0.2) is 11.8 Å². The molecule has 1 atom stereocenters. The van der Waals surface area contributed by atoms with Crippen LogP contribution in [0.1, 0.15) is 38.5 Å². The molecule has 0 aromatic rings. The Hall–Kier alpha value is -0.500. The summed E-state index contributed by atoms with van der Waals surface area (Å²) < 4.78 is 5.86. The van der Waals surface area contributed by atoms with Gasteiger partial charge in [-0.05, 0) is 38.0 Å². The lowest BCUT2D eigenvalue weighted by Crippen LogP contribution is -2.32. The second-order valence-electron chi connectivity index (χ2n) is 5.20. The highest BCUT2D eigenvalue weighted by Crippen LogP contribution is 2.32. The Morgan fingerprint density at radius 1 is 1.27 bits per heavy atom. The van der Waals surface area contributed by atoms with Gasteiger partial charge in [0.2, 0.25) is 0 Å². The number of allylic oxidation sites excluding steroid dienone is 1. The van der Waals surface area contributed by atoms with E-state index in [1.165, 1.54) is 45.1 Å². The first-order chi connectivity index (χ1) is 7.43. The number of fused-ring (bicyclic) bond motifs is 1. The van der Waals surface area contributed by atoms with Crippen LogP contribution in [-0.4, -0.2) is 30.7 Å². The second kappa shape index (κ2) is 4.17. The van der Waals surface area contributed by atoms with E-state index in [0.29, 0.717) is 6.04 Å². The SMILES string of the molecule is C1=C2CC[C@@H](COCC3CCC3)N2CC1. The molecule has 0 aromatic carbocycles. The van der Waals surface area contributed by atoms with Crippen molar-refractivity contribution >= 4 is 0 Å². The Morgan fingerprint density at radius 3 is 3.00 bits per heavy atom. The molecule has 1 saturated heterocycles. The largest absolute Gasteiger partial charge is 0.379 e. The smallest absolute Gasteiger partial charge is 0.0670 e. The molecule has 0 aromatic heterocycles. The average Bonchev–Trinajstić information content (AvgIpc) is 2.72. The normalized spacial score (nSPS) is 30.3. The summed E-state index contributed by atoms with van der Waals surface area (Å²) in [6.45, 7) is 3.23. The van der Waals surface area contributed by atoms with Crippen molar-refractivity contribution in [3.05, 3.63) is 11.8 Å². The van der Waals surface area contributed by atoms with Crippen molar-refractivity contribution in [2.75, 3.05) is 19.8 Å². The molecule has 0 amide bonds. The molecule has 0 N–H and O–H groups in total. The molecule has 2 heteroatoms. The summed E-state index contributed by atoms with van der Waals surface area (Å²) in [6.07, 6.45) is 10.5. The minimum atomic E-state index is 0.693. The van der Waals surface area contributed by atoms with Gasteiger partial charge in [-0.3, -0.25) is 0 Å².